The molecule has 1 fully saturated rings. The third-order valence-electron chi connectivity index (χ3n) is 2.57. The predicted molar refractivity (Wildman–Crippen MR) is 52.5 cm³/mol. The lowest BCUT2D eigenvalue weighted by molar-refractivity contribution is 0.205. The lowest BCUT2D eigenvalue weighted by Gasteiger charge is -2.17. The molecule has 1 atom stereocenters. The van der Waals surface area contributed by atoms with E-state index in [2.05, 4.69) is 4.98 Å². The van der Waals surface area contributed by atoms with Crippen LogP contribution in [0, 0.1) is 11.5 Å². The molecule has 0 bridgehead atoms. The fourth-order valence-corrected chi connectivity index (χ4v) is 1.70. The van der Waals surface area contributed by atoms with Crippen molar-refractivity contribution in [2.45, 2.75) is 6.04 Å². The van der Waals surface area contributed by atoms with Crippen LogP contribution >= 0.6 is 0 Å². The molecule has 0 N–H and O–H groups in total. The van der Waals surface area contributed by atoms with Crippen LogP contribution in [0.1, 0.15) is 11.6 Å². The molecule has 0 spiro atoms. The fourth-order valence-electron chi connectivity index (χ4n) is 1.70. The number of rotatable bonds is 1. The summed E-state index contributed by atoms with van der Waals surface area (Å²) in [6, 6.07) is 3.41. The summed E-state index contributed by atoms with van der Waals surface area (Å²) in [6.07, 6.45) is 5.24. The Morgan fingerprint density at radius 1 is 1.53 bits per heavy atom. The zero-order chi connectivity index (χ0) is 10.8. The van der Waals surface area contributed by atoms with Crippen molar-refractivity contribution in [1.82, 2.24) is 14.8 Å². The zero-order valence-electron chi connectivity index (χ0n) is 8.29. The molecule has 15 heavy (non-hydrogen) atoms. The summed E-state index contributed by atoms with van der Waals surface area (Å²) < 4.78 is 0. The Labute approximate surface area is 87.5 Å². The van der Waals surface area contributed by atoms with Crippen LogP contribution in [0.5, 0.6) is 0 Å². The Morgan fingerprint density at radius 3 is 2.73 bits per heavy atom. The third kappa shape index (κ3) is 1.50. The summed E-state index contributed by atoms with van der Waals surface area (Å²) in [5.41, 5.74) is 0.999. The molecule has 2 amide bonds. The zero-order valence-corrected chi connectivity index (χ0v) is 8.29. The van der Waals surface area contributed by atoms with Crippen LogP contribution in [0.4, 0.5) is 4.79 Å². The number of aromatic nitrogens is 1. The second-order valence-electron chi connectivity index (χ2n) is 3.40. The number of hydrogen-bond acceptors (Lipinski definition) is 3. The van der Waals surface area contributed by atoms with E-state index in [1.807, 2.05) is 18.3 Å². The number of pyridine rings is 1. The van der Waals surface area contributed by atoms with E-state index < -0.39 is 0 Å². The summed E-state index contributed by atoms with van der Waals surface area (Å²) in [4.78, 5) is 18.2. The lowest BCUT2D eigenvalue weighted by atomic mass is 10.1. The van der Waals surface area contributed by atoms with Crippen molar-refractivity contribution in [3.05, 3.63) is 30.1 Å². The molecule has 1 aliphatic rings. The number of carbonyl (C=O) groups excluding carboxylic acids is 1. The summed E-state index contributed by atoms with van der Waals surface area (Å²) in [7, 11) is 1.70. The average Bonchev–Trinajstić information content (AvgIpc) is 2.57. The van der Waals surface area contributed by atoms with Crippen molar-refractivity contribution in [1.29, 1.82) is 5.26 Å². The standard InChI is InChI=1S/C10H10N4O/c1-13-9(6-14(7-11)10(13)15)8-2-4-12-5-3-8/h2-5,9H,6H2,1H3. The van der Waals surface area contributed by atoms with Gasteiger partial charge in [0, 0.05) is 19.4 Å². The molecule has 0 aromatic carbocycles. The maximum atomic E-state index is 11.5. The number of nitrogens with zero attached hydrogens (tertiary/aromatic N) is 4. The van der Waals surface area contributed by atoms with Crippen LogP contribution in [0.15, 0.2) is 24.5 Å². The minimum absolute atomic E-state index is 0.0554. The lowest BCUT2D eigenvalue weighted by Crippen LogP contribution is -2.26. The fraction of sp³-hybridized carbons (Fsp3) is 0.300. The highest BCUT2D eigenvalue weighted by Gasteiger charge is 2.35. The van der Waals surface area contributed by atoms with Gasteiger partial charge in [-0.2, -0.15) is 5.26 Å². The first kappa shape index (κ1) is 9.46. The van der Waals surface area contributed by atoms with Crippen molar-refractivity contribution in [2.75, 3.05) is 13.6 Å². The van der Waals surface area contributed by atoms with Gasteiger partial charge in [-0.1, -0.05) is 0 Å². The molecule has 76 valence electrons. The van der Waals surface area contributed by atoms with E-state index >= 15 is 0 Å². The van der Waals surface area contributed by atoms with Crippen molar-refractivity contribution >= 4 is 6.03 Å². The number of hydrogen-bond donors (Lipinski definition) is 0. The van der Waals surface area contributed by atoms with E-state index in [0.29, 0.717) is 6.54 Å². The van der Waals surface area contributed by atoms with Crippen molar-refractivity contribution < 1.29 is 4.79 Å². The van der Waals surface area contributed by atoms with Crippen LogP contribution in [-0.4, -0.2) is 34.4 Å². The van der Waals surface area contributed by atoms with Gasteiger partial charge in [-0.25, -0.2) is 9.69 Å². The summed E-state index contributed by atoms with van der Waals surface area (Å²) >= 11 is 0. The minimum Gasteiger partial charge on any atom is -0.318 e. The van der Waals surface area contributed by atoms with Crippen LogP contribution in [0.2, 0.25) is 0 Å². The molecule has 1 saturated heterocycles. The maximum Gasteiger partial charge on any atom is 0.333 e. The first-order valence-corrected chi connectivity index (χ1v) is 4.58. The van der Waals surface area contributed by atoms with Gasteiger partial charge in [0.05, 0.1) is 12.6 Å². The second-order valence-corrected chi connectivity index (χ2v) is 3.40. The Bertz CT molecular complexity index is 411. The van der Waals surface area contributed by atoms with Crippen molar-refractivity contribution in [2.24, 2.45) is 0 Å². The molecule has 1 unspecified atom stereocenters. The quantitative estimate of drug-likeness (QED) is 0.637. The van der Waals surface area contributed by atoms with Gasteiger partial charge >= 0.3 is 6.03 Å². The van der Waals surface area contributed by atoms with Crippen molar-refractivity contribution in [3.8, 4) is 6.19 Å². The molecular formula is C10H10N4O. The van der Waals surface area contributed by atoms with Crippen LogP contribution in [0.25, 0.3) is 0 Å². The normalized spacial score (nSPS) is 20.5. The van der Waals surface area contributed by atoms with Gasteiger partial charge in [0.25, 0.3) is 0 Å². The first-order chi connectivity index (χ1) is 7.24. The Balaban J connectivity index is 2.27. The van der Waals surface area contributed by atoms with E-state index in [-0.39, 0.29) is 12.1 Å². The molecule has 5 nitrogen and oxygen atoms in total. The van der Waals surface area contributed by atoms with Gasteiger partial charge in [-0.15, -0.1) is 0 Å². The smallest absolute Gasteiger partial charge is 0.318 e. The molecule has 2 heterocycles. The number of nitriles is 1. The summed E-state index contributed by atoms with van der Waals surface area (Å²) in [5, 5.41) is 8.73. The average molecular weight is 202 g/mol. The van der Waals surface area contributed by atoms with Crippen molar-refractivity contribution in [3.63, 3.8) is 0 Å². The SMILES string of the molecule is CN1C(=O)N(C#N)CC1c1ccncc1. The van der Waals surface area contributed by atoms with E-state index in [0.717, 1.165) is 10.5 Å². The van der Waals surface area contributed by atoms with Crippen LogP contribution < -0.4 is 0 Å². The molecule has 0 aliphatic carbocycles. The molecule has 2 rings (SSSR count). The molecule has 0 radical (unpaired) electrons. The number of carbonyl (C=O) groups is 1. The van der Waals surface area contributed by atoms with E-state index in [9.17, 15) is 4.79 Å². The third-order valence-corrected chi connectivity index (χ3v) is 2.57. The van der Waals surface area contributed by atoms with Crippen LogP contribution in [0.3, 0.4) is 0 Å². The number of urea groups is 1. The topological polar surface area (TPSA) is 60.2 Å². The highest BCUT2D eigenvalue weighted by molar-refractivity contribution is 5.78. The summed E-state index contributed by atoms with van der Waals surface area (Å²) in [5.74, 6) is 0. The number of likely N-dealkylation sites (N-methyl/N-ethyl adjacent to an activating group) is 1. The van der Waals surface area contributed by atoms with E-state index in [1.54, 1.807) is 24.3 Å². The monoisotopic (exact) mass is 202 g/mol. The Morgan fingerprint density at radius 2 is 2.20 bits per heavy atom. The predicted octanol–water partition coefficient (Wildman–Crippen LogP) is 0.971. The van der Waals surface area contributed by atoms with Gasteiger partial charge in [0.15, 0.2) is 6.19 Å². The second kappa shape index (κ2) is 3.58. The maximum absolute atomic E-state index is 11.5. The molecule has 1 aromatic heterocycles. The molecule has 0 saturated carbocycles. The minimum atomic E-state index is -0.251. The van der Waals surface area contributed by atoms with Gasteiger partial charge in [-0.05, 0) is 17.7 Å². The van der Waals surface area contributed by atoms with Gasteiger partial charge in [-0.3, -0.25) is 4.98 Å². The first-order valence-electron chi connectivity index (χ1n) is 4.58. The summed E-state index contributed by atoms with van der Waals surface area (Å²) in [6.45, 7) is 0.413. The van der Waals surface area contributed by atoms with Gasteiger partial charge < -0.3 is 4.90 Å². The number of amides is 2. The van der Waals surface area contributed by atoms with Gasteiger partial charge in [0.2, 0.25) is 0 Å². The molecule has 5 heteroatoms. The highest BCUT2D eigenvalue weighted by Crippen LogP contribution is 2.26. The molecule has 1 aromatic rings. The van der Waals surface area contributed by atoms with E-state index in [1.165, 1.54) is 0 Å². The van der Waals surface area contributed by atoms with Crippen LogP contribution in [-0.2, 0) is 0 Å². The Hall–Kier alpha value is -2.09. The van der Waals surface area contributed by atoms with E-state index in [4.69, 9.17) is 5.26 Å². The highest BCUT2D eigenvalue weighted by atomic mass is 16.2. The molecule has 1 aliphatic heterocycles. The largest absolute Gasteiger partial charge is 0.333 e. The molecular weight excluding hydrogens is 192 g/mol. The van der Waals surface area contributed by atoms with Gasteiger partial charge in [0.1, 0.15) is 0 Å². The Kier molecular flexibility index (Phi) is 2.26.